The number of hydrogen-bond acceptors (Lipinski definition) is 4. The van der Waals surface area contributed by atoms with Crippen molar-refractivity contribution in [2.24, 2.45) is 5.41 Å². The van der Waals surface area contributed by atoms with Crippen molar-refractivity contribution in [3.05, 3.63) is 34.6 Å². The van der Waals surface area contributed by atoms with Gasteiger partial charge in [0.2, 0.25) is 11.8 Å². The number of nitrogens with one attached hydrogen (secondary N) is 1. The van der Waals surface area contributed by atoms with Crippen molar-refractivity contribution >= 4 is 24.0 Å². The summed E-state index contributed by atoms with van der Waals surface area (Å²) in [5.41, 5.74) is 1.63. The molecule has 1 saturated heterocycles. The molecular formula is C20H27N5O2S. The van der Waals surface area contributed by atoms with Gasteiger partial charge in [0.25, 0.3) is 0 Å². The number of aromatic amines is 1. The number of hydrogen-bond donors (Lipinski definition) is 1. The second kappa shape index (κ2) is 7.87. The fourth-order valence-electron chi connectivity index (χ4n) is 3.34. The maximum atomic E-state index is 12.9. The average Bonchev–Trinajstić information content (AvgIpc) is 3.01. The van der Waals surface area contributed by atoms with E-state index in [1.165, 1.54) is 0 Å². The zero-order valence-corrected chi connectivity index (χ0v) is 17.7. The first-order valence-corrected chi connectivity index (χ1v) is 9.87. The predicted octanol–water partition coefficient (Wildman–Crippen LogP) is 2.63. The molecule has 1 aromatic carbocycles. The second-order valence-corrected chi connectivity index (χ2v) is 8.62. The van der Waals surface area contributed by atoms with E-state index in [0.717, 1.165) is 11.1 Å². The molecule has 7 nitrogen and oxygen atoms in total. The Morgan fingerprint density at radius 3 is 2.39 bits per heavy atom. The number of rotatable bonds is 3. The van der Waals surface area contributed by atoms with E-state index in [4.69, 9.17) is 12.2 Å². The lowest BCUT2D eigenvalue weighted by Gasteiger charge is -2.37. The van der Waals surface area contributed by atoms with Crippen LogP contribution >= 0.6 is 12.2 Å². The highest BCUT2D eigenvalue weighted by Crippen LogP contribution is 2.20. The number of nitrogens with zero attached hydrogens (tertiary/aromatic N) is 4. The number of benzene rings is 1. The van der Waals surface area contributed by atoms with Crippen molar-refractivity contribution in [1.82, 2.24) is 24.6 Å². The molecule has 0 aliphatic carbocycles. The molecule has 0 spiro atoms. The van der Waals surface area contributed by atoms with Crippen LogP contribution in [0.1, 0.15) is 26.3 Å². The molecule has 0 atom stereocenters. The number of amides is 2. The minimum atomic E-state index is -0.404. The second-order valence-electron chi connectivity index (χ2n) is 8.23. The fourth-order valence-corrected chi connectivity index (χ4v) is 3.53. The highest BCUT2D eigenvalue weighted by Gasteiger charge is 2.31. The largest absolute Gasteiger partial charge is 0.339 e. The summed E-state index contributed by atoms with van der Waals surface area (Å²) in [7, 11) is 0. The van der Waals surface area contributed by atoms with Gasteiger partial charge in [-0.2, -0.15) is 5.10 Å². The first-order valence-electron chi connectivity index (χ1n) is 9.46. The quantitative estimate of drug-likeness (QED) is 0.803. The molecule has 0 saturated carbocycles. The Kier molecular flexibility index (Phi) is 5.69. The molecule has 1 aromatic heterocycles. The van der Waals surface area contributed by atoms with Crippen LogP contribution in [0.3, 0.4) is 0 Å². The third-order valence-corrected chi connectivity index (χ3v) is 5.20. The third kappa shape index (κ3) is 4.32. The van der Waals surface area contributed by atoms with Crippen molar-refractivity contribution in [1.29, 1.82) is 0 Å². The first-order chi connectivity index (χ1) is 13.2. The Labute approximate surface area is 170 Å². The molecule has 8 heteroatoms. The summed E-state index contributed by atoms with van der Waals surface area (Å²) in [6, 6.07) is 7.94. The SMILES string of the molecule is Cc1cccc(-c2n[nH]c(=S)n2CC(=O)N2CCN(C(=O)C(C)(C)C)CC2)c1. The predicted molar refractivity (Wildman–Crippen MR) is 110 cm³/mol. The number of piperazine rings is 1. The number of carbonyl (C=O) groups is 2. The van der Waals surface area contributed by atoms with Crippen LogP contribution in [0.4, 0.5) is 0 Å². The highest BCUT2D eigenvalue weighted by atomic mass is 32.1. The topological polar surface area (TPSA) is 74.2 Å². The van der Waals surface area contributed by atoms with Gasteiger partial charge in [-0.1, -0.05) is 44.5 Å². The molecule has 28 heavy (non-hydrogen) atoms. The van der Waals surface area contributed by atoms with Gasteiger partial charge < -0.3 is 9.80 Å². The van der Waals surface area contributed by atoms with Crippen LogP contribution in [0.2, 0.25) is 0 Å². The molecular weight excluding hydrogens is 374 g/mol. The molecule has 1 aliphatic heterocycles. The van der Waals surface area contributed by atoms with Gasteiger partial charge in [-0.15, -0.1) is 0 Å². The molecule has 3 rings (SSSR count). The normalized spacial score (nSPS) is 15.0. The number of carbonyl (C=O) groups excluding carboxylic acids is 2. The van der Waals surface area contributed by atoms with Crippen molar-refractivity contribution in [3.63, 3.8) is 0 Å². The molecule has 150 valence electrons. The Hall–Kier alpha value is -2.48. The van der Waals surface area contributed by atoms with Gasteiger partial charge in [0, 0.05) is 37.2 Å². The smallest absolute Gasteiger partial charge is 0.242 e. The average molecular weight is 402 g/mol. The van der Waals surface area contributed by atoms with Crippen LogP contribution < -0.4 is 0 Å². The Morgan fingerprint density at radius 2 is 1.79 bits per heavy atom. The summed E-state index contributed by atoms with van der Waals surface area (Å²) in [6.07, 6.45) is 0. The van der Waals surface area contributed by atoms with Gasteiger partial charge in [0.05, 0.1) is 0 Å². The van der Waals surface area contributed by atoms with Crippen LogP contribution in [0.15, 0.2) is 24.3 Å². The van der Waals surface area contributed by atoms with Gasteiger partial charge in [-0.3, -0.25) is 19.3 Å². The van der Waals surface area contributed by atoms with Crippen LogP contribution in [-0.2, 0) is 16.1 Å². The highest BCUT2D eigenvalue weighted by molar-refractivity contribution is 7.71. The van der Waals surface area contributed by atoms with Gasteiger partial charge >= 0.3 is 0 Å². The lowest BCUT2D eigenvalue weighted by molar-refractivity contribution is -0.145. The molecule has 1 aliphatic rings. The molecule has 2 aromatic rings. The van der Waals surface area contributed by atoms with E-state index in [0.29, 0.717) is 36.8 Å². The molecule has 1 N–H and O–H groups in total. The Balaban J connectivity index is 1.69. The van der Waals surface area contributed by atoms with Gasteiger partial charge in [0.15, 0.2) is 10.6 Å². The molecule has 2 heterocycles. The van der Waals surface area contributed by atoms with Crippen LogP contribution in [-0.4, -0.2) is 62.6 Å². The minimum absolute atomic E-state index is 0.0192. The van der Waals surface area contributed by atoms with Crippen LogP contribution in [0, 0.1) is 17.1 Å². The number of aryl methyl sites for hydroxylation is 1. The third-order valence-electron chi connectivity index (χ3n) is 4.89. The van der Waals surface area contributed by atoms with Crippen molar-refractivity contribution in [2.75, 3.05) is 26.2 Å². The Bertz CT molecular complexity index is 933. The van der Waals surface area contributed by atoms with E-state index in [9.17, 15) is 9.59 Å². The molecule has 0 radical (unpaired) electrons. The summed E-state index contributed by atoms with van der Waals surface area (Å²) in [4.78, 5) is 28.9. The van der Waals surface area contributed by atoms with E-state index in [1.807, 2.05) is 56.9 Å². The summed E-state index contributed by atoms with van der Waals surface area (Å²) < 4.78 is 2.16. The van der Waals surface area contributed by atoms with Crippen molar-refractivity contribution < 1.29 is 9.59 Å². The van der Waals surface area contributed by atoms with Crippen molar-refractivity contribution in [3.8, 4) is 11.4 Å². The minimum Gasteiger partial charge on any atom is -0.339 e. The number of aromatic nitrogens is 3. The fraction of sp³-hybridized carbons (Fsp3) is 0.500. The lowest BCUT2D eigenvalue weighted by Crippen LogP contribution is -2.53. The van der Waals surface area contributed by atoms with Crippen LogP contribution in [0.5, 0.6) is 0 Å². The molecule has 0 unspecified atom stereocenters. The van der Waals surface area contributed by atoms with Gasteiger partial charge in [-0.05, 0) is 25.2 Å². The standard InChI is InChI=1S/C20H27N5O2S/c1-14-6-5-7-15(12-14)17-21-22-19(28)25(17)13-16(26)23-8-10-24(11-9-23)18(27)20(2,3)4/h5-7,12H,8-11,13H2,1-4H3,(H,22,28). The molecule has 2 amide bonds. The van der Waals surface area contributed by atoms with Crippen LogP contribution in [0.25, 0.3) is 11.4 Å². The molecule has 0 bridgehead atoms. The maximum Gasteiger partial charge on any atom is 0.242 e. The van der Waals surface area contributed by atoms with E-state index in [1.54, 1.807) is 9.47 Å². The lowest BCUT2D eigenvalue weighted by atomic mass is 9.94. The summed E-state index contributed by atoms with van der Waals surface area (Å²) in [6.45, 7) is 10.1. The summed E-state index contributed by atoms with van der Waals surface area (Å²) in [5, 5.41) is 7.10. The monoisotopic (exact) mass is 401 g/mol. The first kappa shape index (κ1) is 20.3. The summed E-state index contributed by atoms with van der Waals surface area (Å²) >= 11 is 5.34. The van der Waals surface area contributed by atoms with E-state index in [-0.39, 0.29) is 18.4 Å². The summed E-state index contributed by atoms with van der Waals surface area (Å²) in [5.74, 6) is 0.760. The zero-order chi connectivity index (χ0) is 20.5. The van der Waals surface area contributed by atoms with Gasteiger partial charge in [0.1, 0.15) is 6.54 Å². The van der Waals surface area contributed by atoms with Gasteiger partial charge in [-0.25, -0.2) is 0 Å². The van der Waals surface area contributed by atoms with E-state index >= 15 is 0 Å². The van der Waals surface area contributed by atoms with Crippen molar-refractivity contribution in [2.45, 2.75) is 34.2 Å². The molecule has 1 fully saturated rings. The number of H-pyrrole nitrogens is 1. The van der Waals surface area contributed by atoms with E-state index in [2.05, 4.69) is 10.2 Å². The maximum absolute atomic E-state index is 12.9. The van der Waals surface area contributed by atoms with E-state index < -0.39 is 5.41 Å². The zero-order valence-electron chi connectivity index (χ0n) is 16.9. The Morgan fingerprint density at radius 1 is 1.14 bits per heavy atom.